The van der Waals surface area contributed by atoms with Gasteiger partial charge in [0.15, 0.2) is 11.5 Å². The predicted molar refractivity (Wildman–Crippen MR) is 73.9 cm³/mol. The summed E-state index contributed by atoms with van der Waals surface area (Å²) in [5, 5.41) is 3.61. The van der Waals surface area contributed by atoms with Crippen LogP contribution in [0.15, 0.2) is 16.6 Å². The van der Waals surface area contributed by atoms with Crippen LogP contribution in [-0.4, -0.2) is 12.8 Å². The maximum absolute atomic E-state index is 5.41. The Balaban J connectivity index is 1.60. The summed E-state index contributed by atoms with van der Waals surface area (Å²) in [5.74, 6) is 2.58. The van der Waals surface area contributed by atoms with E-state index in [9.17, 15) is 0 Å². The molecule has 1 heterocycles. The van der Waals surface area contributed by atoms with Crippen molar-refractivity contribution in [1.29, 1.82) is 0 Å². The normalized spacial score (nSPS) is 24.3. The second-order valence-electron chi connectivity index (χ2n) is 5.07. The summed E-state index contributed by atoms with van der Waals surface area (Å²) in [6, 6.07) is 4.77. The average molecular weight is 312 g/mol. The van der Waals surface area contributed by atoms with Gasteiger partial charge in [-0.05, 0) is 36.5 Å². The van der Waals surface area contributed by atoms with Crippen molar-refractivity contribution >= 4 is 15.9 Å². The molecular weight excluding hydrogens is 294 g/mol. The summed E-state index contributed by atoms with van der Waals surface area (Å²) >= 11 is 3.59. The van der Waals surface area contributed by atoms with E-state index in [1.807, 2.05) is 6.07 Å². The molecule has 1 saturated carbocycles. The van der Waals surface area contributed by atoms with Gasteiger partial charge in [-0.3, -0.25) is 0 Å². The number of nitrogens with one attached hydrogen (secondary N) is 1. The van der Waals surface area contributed by atoms with E-state index in [1.165, 1.54) is 24.8 Å². The van der Waals surface area contributed by atoms with Crippen molar-refractivity contribution < 1.29 is 9.47 Å². The third-order valence-electron chi connectivity index (χ3n) is 3.68. The molecule has 0 spiro atoms. The quantitative estimate of drug-likeness (QED) is 0.903. The fourth-order valence-corrected chi connectivity index (χ4v) is 2.99. The molecule has 0 aromatic heterocycles. The van der Waals surface area contributed by atoms with E-state index in [2.05, 4.69) is 34.2 Å². The minimum Gasteiger partial charge on any atom is -0.454 e. The van der Waals surface area contributed by atoms with Gasteiger partial charge in [0, 0.05) is 17.1 Å². The zero-order valence-corrected chi connectivity index (χ0v) is 12.1. The van der Waals surface area contributed by atoms with Crippen molar-refractivity contribution in [2.75, 3.05) is 6.79 Å². The molecule has 1 aliphatic heterocycles. The van der Waals surface area contributed by atoms with Gasteiger partial charge < -0.3 is 14.8 Å². The molecule has 1 fully saturated rings. The lowest BCUT2D eigenvalue weighted by Crippen LogP contribution is -2.17. The van der Waals surface area contributed by atoms with E-state index in [1.54, 1.807) is 0 Å². The fourth-order valence-electron chi connectivity index (χ4n) is 2.52. The number of benzene rings is 1. The minimum absolute atomic E-state index is 0.333. The molecule has 4 heteroatoms. The van der Waals surface area contributed by atoms with Gasteiger partial charge in [0.2, 0.25) is 6.79 Å². The Morgan fingerprint density at radius 2 is 2.11 bits per heavy atom. The van der Waals surface area contributed by atoms with Crippen LogP contribution >= 0.6 is 15.9 Å². The van der Waals surface area contributed by atoms with Crippen LogP contribution in [0, 0.1) is 5.92 Å². The zero-order chi connectivity index (χ0) is 12.5. The number of hydrogen-bond acceptors (Lipinski definition) is 3. The molecule has 2 aliphatic rings. The molecule has 1 aliphatic carbocycles. The zero-order valence-electron chi connectivity index (χ0n) is 10.5. The lowest BCUT2D eigenvalue weighted by Gasteiger charge is -2.08. The first-order valence-corrected chi connectivity index (χ1v) is 7.38. The van der Waals surface area contributed by atoms with Crippen LogP contribution in [0.4, 0.5) is 0 Å². The molecular formula is C14H18BrNO2. The first-order chi connectivity index (χ1) is 8.78. The lowest BCUT2D eigenvalue weighted by atomic mass is 10.2. The third-order valence-corrected chi connectivity index (χ3v) is 4.42. The molecule has 1 aromatic rings. The van der Waals surface area contributed by atoms with Crippen LogP contribution in [0.3, 0.4) is 0 Å². The summed E-state index contributed by atoms with van der Waals surface area (Å²) in [6.07, 6.45) is 3.96. The van der Waals surface area contributed by atoms with Gasteiger partial charge >= 0.3 is 0 Å². The summed E-state index contributed by atoms with van der Waals surface area (Å²) in [5.41, 5.74) is 1.24. The van der Waals surface area contributed by atoms with E-state index in [0.717, 1.165) is 28.4 Å². The first kappa shape index (κ1) is 12.3. The summed E-state index contributed by atoms with van der Waals surface area (Å²) in [6.45, 7) is 3.48. The Bertz CT molecular complexity index is 450. The molecule has 0 saturated heterocycles. The molecule has 3 rings (SSSR count). The average Bonchev–Trinajstić information content (AvgIpc) is 2.93. The molecule has 2 unspecified atom stereocenters. The minimum atomic E-state index is 0.333. The highest BCUT2D eigenvalue weighted by Gasteiger charge is 2.35. The molecule has 18 heavy (non-hydrogen) atoms. The van der Waals surface area contributed by atoms with Crippen LogP contribution in [-0.2, 0) is 6.54 Å². The van der Waals surface area contributed by atoms with E-state index < -0.39 is 0 Å². The summed E-state index contributed by atoms with van der Waals surface area (Å²) in [4.78, 5) is 0. The Labute approximate surface area is 116 Å². The maximum atomic E-state index is 5.41. The van der Waals surface area contributed by atoms with Crippen molar-refractivity contribution in [3.05, 3.63) is 22.2 Å². The molecule has 1 N–H and O–H groups in total. The fraction of sp³-hybridized carbons (Fsp3) is 0.571. The van der Waals surface area contributed by atoms with Gasteiger partial charge in [0.1, 0.15) is 0 Å². The van der Waals surface area contributed by atoms with E-state index in [0.29, 0.717) is 12.8 Å². The van der Waals surface area contributed by atoms with Crippen molar-refractivity contribution in [3.8, 4) is 11.5 Å². The predicted octanol–water partition coefficient (Wildman–Crippen LogP) is 3.46. The molecule has 98 valence electrons. The smallest absolute Gasteiger partial charge is 0.231 e. The SMILES string of the molecule is CCCC1CC1NCc1cc2c(cc1Br)OCO2. The highest BCUT2D eigenvalue weighted by Crippen LogP contribution is 2.38. The van der Waals surface area contributed by atoms with Crippen molar-refractivity contribution in [3.63, 3.8) is 0 Å². The van der Waals surface area contributed by atoms with Gasteiger partial charge in [-0.1, -0.05) is 29.3 Å². The van der Waals surface area contributed by atoms with Crippen molar-refractivity contribution in [1.82, 2.24) is 5.32 Å². The second-order valence-corrected chi connectivity index (χ2v) is 5.92. The largest absolute Gasteiger partial charge is 0.454 e. The second kappa shape index (κ2) is 5.10. The highest BCUT2D eigenvalue weighted by atomic mass is 79.9. The topological polar surface area (TPSA) is 30.5 Å². The van der Waals surface area contributed by atoms with Crippen LogP contribution in [0.25, 0.3) is 0 Å². The van der Waals surface area contributed by atoms with E-state index in [4.69, 9.17) is 9.47 Å². The Kier molecular flexibility index (Phi) is 3.48. The van der Waals surface area contributed by atoms with Gasteiger partial charge in [-0.25, -0.2) is 0 Å². The third kappa shape index (κ3) is 2.50. The maximum Gasteiger partial charge on any atom is 0.231 e. The number of halogens is 1. The van der Waals surface area contributed by atoms with Crippen LogP contribution in [0.2, 0.25) is 0 Å². The first-order valence-electron chi connectivity index (χ1n) is 6.59. The molecule has 3 nitrogen and oxygen atoms in total. The van der Waals surface area contributed by atoms with Crippen molar-refractivity contribution in [2.45, 2.75) is 38.8 Å². The molecule has 0 amide bonds. The Morgan fingerprint density at radius 3 is 2.89 bits per heavy atom. The lowest BCUT2D eigenvalue weighted by molar-refractivity contribution is 0.174. The van der Waals surface area contributed by atoms with E-state index >= 15 is 0 Å². The van der Waals surface area contributed by atoms with E-state index in [-0.39, 0.29) is 0 Å². The number of ether oxygens (including phenoxy) is 2. The highest BCUT2D eigenvalue weighted by molar-refractivity contribution is 9.10. The van der Waals surface area contributed by atoms with Gasteiger partial charge in [0.05, 0.1) is 0 Å². The Morgan fingerprint density at radius 1 is 1.33 bits per heavy atom. The molecule has 2 atom stereocenters. The number of hydrogen-bond donors (Lipinski definition) is 1. The number of fused-ring (bicyclic) bond motifs is 1. The number of rotatable bonds is 5. The van der Waals surface area contributed by atoms with Crippen LogP contribution in [0.1, 0.15) is 31.7 Å². The summed E-state index contributed by atoms with van der Waals surface area (Å²) in [7, 11) is 0. The van der Waals surface area contributed by atoms with Crippen LogP contribution in [0.5, 0.6) is 11.5 Å². The van der Waals surface area contributed by atoms with Crippen LogP contribution < -0.4 is 14.8 Å². The standard InChI is InChI=1S/C14H18BrNO2/c1-2-3-9-4-12(9)16-7-10-5-13-14(6-11(10)15)18-8-17-13/h5-6,9,12,16H,2-4,7-8H2,1H3. The van der Waals surface area contributed by atoms with Gasteiger partial charge in [0.25, 0.3) is 0 Å². The van der Waals surface area contributed by atoms with Gasteiger partial charge in [-0.2, -0.15) is 0 Å². The molecule has 0 radical (unpaired) electrons. The molecule has 1 aromatic carbocycles. The molecule has 0 bridgehead atoms. The monoisotopic (exact) mass is 311 g/mol. The van der Waals surface area contributed by atoms with Gasteiger partial charge in [-0.15, -0.1) is 0 Å². The van der Waals surface area contributed by atoms with Crippen molar-refractivity contribution in [2.24, 2.45) is 5.92 Å². The summed E-state index contributed by atoms with van der Waals surface area (Å²) < 4.78 is 11.8. The Hall–Kier alpha value is -0.740.